The zero-order chi connectivity index (χ0) is 15.8. The number of amides is 2. The van der Waals surface area contributed by atoms with Gasteiger partial charge in [-0.3, -0.25) is 9.59 Å². The van der Waals surface area contributed by atoms with E-state index in [9.17, 15) is 9.59 Å². The third-order valence-electron chi connectivity index (χ3n) is 3.42. The number of benzene rings is 1. The molecule has 1 aliphatic rings. The van der Waals surface area contributed by atoms with E-state index in [1.54, 1.807) is 0 Å². The fraction of sp³-hybridized carbons (Fsp3) is 0.294. The van der Waals surface area contributed by atoms with Gasteiger partial charge in [0.15, 0.2) is 0 Å². The fourth-order valence-electron chi connectivity index (χ4n) is 2.17. The Labute approximate surface area is 130 Å². The number of nitrogens with one attached hydrogen (secondary N) is 2. The lowest BCUT2D eigenvalue weighted by molar-refractivity contribution is -0.126. The summed E-state index contributed by atoms with van der Waals surface area (Å²) >= 11 is 0. The second-order valence-electron chi connectivity index (χ2n) is 5.25. The van der Waals surface area contributed by atoms with Crippen LogP contribution in [0, 0.1) is 5.92 Å². The summed E-state index contributed by atoms with van der Waals surface area (Å²) in [6, 6.07) is 8.90. The van der Waals surface area contributed by atoms with Crippen LogP contribution in [0.2, 0.25) is 0 Å². The third kappa shape index (κ3) is 5.18. The summed E-state index contributed by atoms with van der Waals surface area (Å²) in [5.41, 5.74) is 6.84. The van der Waals surface area contributed by atoms with E-state index in [1.807, 2.05) is 54.6 Å². The van der Waals surface area contributed by atoms with Gasteiger partial charge in [-0.25, -0.2) is 0 Å². The van der Waals surface area contributed by atoms with Crippen molar-refractivity contribution in [1.29, 1.82) is 0 Å². The Morgan fingerprint density at radius 1 is 1.09 bits per heavy atom. The van der Waals surface area contributed by atoms with Crippen LogP contribution in [-0.4, -0.2) is 30.9 Å². The van der Waals surface area contributed by atoms with Gasteiger partial charge in [0.25, 0.3) is 0 Å². The van der Waals surface area contributed by atoms with Crippen LogP contribution in [0.25, 0.3) is 0 Å². The molecule has 4 N–H and O–H groups in total. The van der Waals surface area contributed by atoms with E-state index in [4.69, 9.17) is 5.73 Å². The number of hydrogen-bond donors (Lipinski definition) is 3. The van der Waals surface area contributed by atoms with Gasteiger partial charge in [0, 0.05) is 12.5 Å². The molecular weight excluding hydrogens is 278 g/mol. The molecule has 1 aromatic carbocycles. The molecule has 0 radical (unpaired) electrons. The van der Waals surface area contributed by atoms with Gasteiger partial charge in [0.05, 0.1) is 12.6 Å². The summed E-state index contributed by atoms with van der Waals surface area (Å²) in [5, 5.41) is 5.34. The van der Waals surface area contributed by atoms with Gasteiger partial charge < -0.3 is 16.4 Å². The molecule has 0 saturated heterocycles. The van der Waals surface area contributed by atoms with Crippen molar-refractivity contribution >= 4 is 11.8 Å². The van der Waals surface area contributed by atoms with Crippen LogP contribution in [0.1, 0.15) is 5.56 Å². The monoisotopic (exact) mass is 299 g/mol. The summed E-state index contributed by atoms with van der Waals surface area (Å²) in [6.07, 6.45) is 8.36. The highest BCUT2D eigenvalue weighted by molar-refractivity contribution is 5.87. The van der Waals surface area contributed by atoms with Gasteiger partial charge in [-0.05, 0) is 12.0 Å². The molecular formula is C17H21N3O2. The first kappa shape index (κ1) is 16.0. The molecule has 0 aromatic heterocycles. The molecule has 5 nitrogen and oxygen atoms in total. The van der Waals surface area contributed by atoms with Gasteiger partial charge in [0.1, 0.15) is 0 Å². The Hall–Kier alpha value is -2.40. The minimum absolute atomic E-state index is 0.0541. The highest BCUT2D eigenvalue weighted by Crippen LogP contribution is 2.06. The van der Waals surface area contributed by atoms with Gasteiger partial charge in [-0.15, -0.1) is 0 Å². The molecule has 2 rings (SSSR count). The van der Waals surface area contributed by atoms with E-state index in [1.165, 1.54) is 0 Å². The van der Waals surface area contributed by atoms with Gasteiger partial charge in [0.2, 0.25) is 11.8 Å². The zero-order valence-electron chi connectivity index (χ0n) is 12.4. The van der Waals surface area contributed by atoms with Crippen molar-refractivity contribution in [2.45, 2.75) is 12.5 Å². The van der Waals surface area contributed by atoms with E-state index in [-0.39, 0.29) is 24.3 Å². The summed E-state index contributed by atoms with van der Waals surface area (Å²) in [4.78, 5) is 23.5. The summed E-state index contributed by atoms with van der Waals surface area (Å²) in [5.74, 6) is -0.298. The minimum atomic E-state index is -0.657. The molecule has 0 spiro atoms. The number of carbonyl (C=O) groups excluding carboxylic acids is 2. The molecule has 0 heterocycles. The van der Waals surface area contributed by atoms with Gasteiger partial charge >= 0.3 is 0 Å². The van der Waals surface area contributed by atoms with Gasteiger partial charge in [-0.1, -0.05) is 54.6 Å². The predicted molar refractivity (Wildman–Crippen MR) is 85.9 cm³/mol. The maximum Gasteiger partial charge on any atom is 0.239 e. The van der Waals surface area contributed by atoms with Crippen molar-refractivity contribution in [1.82, 2.24) is 10.6 Å². The molecule has 1 unspecified atom stereocenters. The SMILES string of the molecule is NC(Cc1ccccc1)C(=O)NCC(=O)NCC1C=CC=C1. The average Bonchev–Trinajstić information content (AvgIpc) is 3.05. The molecule has 0 aliphatic heterocycles. The van der Waals surface area contributed by atoms with Crippen molar-refractivity contribution in [2.24, 2.45) is 11.7 Å². The second-order valence-corrected chi connectivity index (χ2v) is 5.25. The lowest BCUT2D eigenvalue weighted by atomic mass is 10.1. The highest BCUT2D eigenvalue weighted by atomic mass is 16.2. The van der Waals surface area contributed by atoms with E-state index in [0.717, 1.165) is 5.56 Å². The Bertz CT molecular complexity index is 555. The molecule has 22 heavy (non-hydrogen) atoms. The molecule has 0 fully saturated rings. The largest absolute Gasteiger partial charge is 0.354 e. The van der Waals surface area contributed by atoms with E-state index in [0.29, 0.717) is 13.0 Å². The summed E-state index contributed by atoms with van der Waals surface area (Å²) < 4.78 is 0. The first-order valence-corrected chi connectivity index (χ1v) is 7.34. The average molecular weight is 299 g/mol. The summed E-state index contributed by atoms with van der Waals surface area (Å²) in [7, 11) is 0. The van der Waals surface area contributed by atoms with Crippen LogP contribution >= 0.6 is 0 Å². The summed E-state index contributed by atoms with van der Waals surface area (Å²) in [6.45, 7) is 0.485. The smallest absolute Gasteiger partial charge is 0.239 e. The number of nitrogens with two attached hydrogens (primary N) is 1. The van der Waals surface area contributed by atoms with Gasteiger partial charge in [-0.2, -0.15) is 0 Å². The lowest BCUT2D eigenvalue weighted by Gasteiger charge is -2.13. The highest BCUT2D eigenvalue weighted by Gasteiger charge is 2.15. The maximum atomic E-state index is 11.9. The lowest BCUT2D eigenvalue weighted by Crippen LogP contribution is -2.46. The quantitative estimate of drug-likeness (QED) is 0.687. The fourth-order valence-corrected chi connectivity index (χ4v) is 2.17. The van der Waals surface area contributed by atoms with Crippen LogP contribution in [0.5, 0.6) is 0 Å². The normalized spacial score (nSPS) is 14.8. The Morgan fingerprint density at radius 2 is 1.77 bits per heavy atom. The Kier molecular flexibility index (Phi) is 5.91. The minimum Gasteiger partial charge on any atom is -0.354 e. The van der Waals surface area contributed by atoms with Crippen LogP contribution in [0.4, 0.5) is 0 Å². The molecule has 116 valence electrons. The van der Waals surface area contributed by atoms with Crippen molar-refractivity contribution in [3.63, 3.8) is 0 Å². The zero-order valence-corrected chi connectivity index (χ0v) is 12.4. The van der Waals surface area contributed by atoms with Crippen LogP contribution in [0.15, 0.2) is 54.6 Å². The molecule has 0 bridgehead atoms. The van der Waals surface area contributed by atoms with Crippen LogP contribution < -0.4 is 16.4 Å². The third-order valence-corrected chi connectivity index (χ3v) is 3.42. The van der Waals surface area contributed by atoms with E-state index < -0.39 is 6.04 Å². The van der Waals surface area contributed by atoms with E-state index in [2.05, 4.69) is 10.6 Å². The first-order valence-electron chi connectivity index (χ1n) is 7.34. The van der Waals surface area contributed by atoms with Crippen molar-refractivity contribution in [3.8, 4) is 0 Å². The standard InChI is InChI=1S/C17H21N3O2/c18-15(10-13-6-2-1-3-7-13)17(22)20-12-16(21)19-11-14-8-4-5-9-14/h1-9,14-15H,10-12,18H2,(H,19,21)(H,20,22). The molecule has 1 aromatic rings. The maximum absolute atomic E-state index is 11.9. The van der Waals surface area contributed by atoms with Crippen molar-refractivity contribution in [3.05, 3.63) is 60.2 Å². The number of allylic oxidation sites excluding steroid dienone is 2. The first-order chi connectivity index (χ1) is 10.6. The second kappa shape index (κ2) is 8.14. The van der Waals surface area contributed by atoms with Crippen molar-refractivity contribution < 1.29 is 9.59 Å². The Morgan fingerprint density at radius 3 is 2.45 bits per heavy atom. The predicted octanol–water partition coefficient (Wildman–Crippen LogP) is 0.531. The topological polar surface area (TPSA) is 84.2 Å². The molecule has 0 saturated carbocycles. The Balaban J connectivity index is 1.66. The van der Waals surface area contributed by atoms with Crippen molar-refractivity contribution in [2.75, 3.05) is 13.1 Å². The number of carbonyl (C=O) groups is 2. The van der Waals surface area contributed by atoms with E-state index >= 15 is 0 Å². The molecule has 2 amide bonds. The molecule has 5 heteroatoms. The van der Waals surface area contributed by atoms with Crippen LogP contribution in [0.3, 0.4) is 0 Å². The number of rotatable bonds is 7. The molecule has 1 atom stereocenters. The molecule has 1 aliphatic carbocycles. The van der Waals surface area contributed by atoms with Crippen LogP contribution in [-0.2, 0) is 16.0 Å². The number of hydrogen-bond acceptors (Lipinski definition) is 3.